The third-order valence-electron chi connectivity index (χ3n) is 4.13. The molecule has 1 aliphatic heterocycles. The maximum Gasteiger partial charge on any atom is 0.276 e. The van der Waals surface area contributed by atoms with E-state index in [1.165, 1.54) is 0 Å². The van der Waals surface area contributed by atoms with Crippen LogP contribution in [0.3, 0.4) is 0 Å². The Kier molecular flexibility index (Phi) is 4.88. The van der Waals surface area contributed by atoms with Gasteiger partial charge >= 0.3 is 0 Å². The van der Waals surface area contributed by atoms with Gasteiger partial charge in [0.2, 0.25) is 5.91 Å². The van der Waals surface area contributed by atoms with E-state index in [2.05, 4.69) is 15.5 Å². The van der Waals surface area contributed by atoms with E-state index in [0.29, 0.717) is 25.3 Å². The van der Waals surface area contributed by atoms with E-state index >= 15 is 0 Å². The van der Waals surface area contributed by atoms with Crippen molar-refractivity contribution in [3.8, 4) is 0 Å². The molecule has 24 heavy (non-hydrogen) atoms. The van der Waals surface area contributed by atoms with Gasteiger partial charge in [-0.1, -0.05) is 5.16 Å². The number of aryl methyl sites for hydroxylation is 1. The normalized spacial score (nSPS) is 17.5. The number of rotatable bonds is 4. The summed E-state index contributed by atoms with van der Waals surface area (Å²) in [6, 6.07) is 4.83. The molecular weight excluding hydrogens is 308 g/mol. The summed E-state index contributed by atoms with van der Waals surface area (Å²) >= 11 is 0. The van der Waals surface area contributed by atoms with Crippen molar-refractivity contribution in [2.75, 3.05) is 6.54 Å². The minimum absolute atomic E-state index is 0.139. The van der Waals surface area contributed by atoms with Crippen LogP contribution in [-0.4, -0.2) is 39.4 Å². The predicted octanol–water partition coefficient (Wildman–Crippen LogP) is 1.69. The summed E-state index contributed by atoms with van der Waals surface area (Å²) in [6.07, 6.45) is 5.84. The Morgan fingerprint density at radius 3 is 2.83 bits per heavy atom. The van der Waals surface area contributed by atoms with Crippen LogP contribution in [-0.2, 0) is 11.3 Å². The zero-order valence-corrected chi connectivity index (χ0v) is 13.6. The van der Waals surface area contributed by atoms with Gasteiger partial charge in [0.1, 0.15) is 11.8 Å². The number of amides is 2. The number of likely N-dealkylation sites (tertiary alicyclic amines) is 1. The molecule has 0 radical (unpaired) electrons. The van der Waals surface area contributed by atoms with Gasteiger partial charge in [0, 0.05) is 31.5 Å². The summed E-state index contributed by atoms with van der Waals surface area (Å²) < 4.78 is 4.97. The number of hydrogen-bond donors (Lipinski definition) is 1. The predicted molar refractivity (Wildman–Crippen MR) is 86.0 cm³/mol. The van der Waals surface area contributed by atoms with E-state index in [4.69, 9.17) is 4.52 Å². The van der Waals surface area contributed by atoms with Gasteiger partial charge in [0.05, 0.1) is 0 Å². The van der Waals surface area contributed by atoms with E-state index < -0.39 is 6.04 Å². The Hall–Kier alpha value is -2.70. The van der Waals surface area contributed by atoms with Crippen LogP contribution in [0.15, 0.2) is 35.1 Å². The highest BCUT2D eigenvalue weighted by molar-refractivity contribution is 5.96. The molecule has 3 heterocycles. The van der Waals surface area contributed by atoms with Crippen molar-refractivity contribution in [3.05, 3.63) is 47.6 Å². The molecule has 2 aromatic rings. The highest BCUT2D eigenvalue weighted by Crippen LogP contribution is 2.20. The topological polar surface area (TPSA) is 88.3 Å². The summed E-state index contributed by atoms with van der Waals surface area (Å²) in [4.78, 5) is 30.7. The van der Waals surface area contributed by atoms with Gasteiger partial charge in [-0.05, 0) is 43.9 Å². The minimum Gasteiger partial charge on any atom is -0.361 e. The molecule has 0 aromatic carbocycles. The average molecular weight is 328 g/mol. The van der Waals surface area contributed by atoms with Gasteiger partial charge in [0.25, 0.3) is 5.91 Å². The van der Waals surface area contributed by atoms with Crippen LogP contribution in [0.1, 0.15) is 41.1 Å². The van der Waals surface area contributed by atoms with Crippen molar-refractivity contribution in [2.24, 2.45) is 0 Å². The van der Waals surface area contributed by atoms with Crippen LogP contribution in [0.4, 0.5) is 0 Å². The number of nitrogens with one attached hydrogen (secondary N) is 1. The zero-order chi connectivity index (χ0) is 16.9. The zero-order valence-electron chi connectivity index (χ0n) is 13.6. The molecule has 0 aliphatic carbocycles. The summed E-state index contributed by atoms with van der Waals surface area (Å²) in [5.74, 6) is 0.185. The van der Waals surface area contributed by atoms with Crippen molar-refractivity contribution < 1.29 is 14.1 Å². The summed E-state index contributed by atoms with van der Waals surface area (Å²) in [5, 5.41) is 6.68. The van der Waals surface area contributed by atoms with Gasteiger partial charge in [-0.25, -0.2) is 0 Å². The van der Waals surface area contributed by atoms with E-state index in [0.717, 1.165) is 18.4 Å². The van der Waals surface area contributed by atoms with Gasteiger partial charge in [-0.15, -0.1) is 0 Å². The molecule has 126 valence electrons. The van der Waals surface area contributed by atoms with Crippen LogP contribution in [0.2, 0.25) is 0 Å². The minimum atomic E-state index is -0.468. The summed E-state index contributed by atoms with van der Waals surface area (Å²) in [5.41, 5.74) is 1.22. The molecule has 0 unspecified atom stereocenters. The SMILES string of the molecule is Cc1cc(C(=O)N2CCCC[C@@H]2C(=O)NCc2ccncc2)no1. The van der Waals surface area contributed by atoms with Gasteiger partial charge < -0.3 is 14.7 Å². The number of piperidine rings is 1. The third kappa shape index (κ3) is 3.61. The van der Waals surface area contributed by atoms with Crippen molar-refractivity contribution in [3.63, 3.8) is 0 Å². The third-order valence-corrected chi connectivity index (χ3v) is 4.13. The molecule has 0 saturated carbocycles. The Labute approximate surface area is 140 Å². The fourth-order valence-corrected chi connectivity index (χ4v) is 2.87. The van der Waals surface area contributed by atoms with Crippen LogP contribution >= 0.6 is 0 Å². The van der Waals surface area contributed by atoms with Crippen LogP contribution in [0.25, 0.3) is 0 Å². The smallest absolute Gasteiger partial charge is 0.276 e. The second-order valence-electron chi connectivity index (χ2n) is 5.91. The first-order valence-corrected chi connectivity index (χ1v) is 8.06. The molecule has 7 heteroatoms. The Balaban J connectivity index is 1.67. The number of aromatic nitrogens is 2. The standard InChI is InChI=1S/C17H20N4O3/c1-12-10-14(20-24-12)17(23)21-9-3-2-4-15(21)16(22)19-11-13-5-7-18-8-6-13/h5-8,10,15H,2-4,9,11H2,1H3,(H,19,22)/t15-/m1/s1. The number of nitrogens with zero attached hydrogens (tertiary/aromatic N) is 3. The van der Waals surface area contributed by atoms with Crippen molar-refractivity contribution in [1.29, 1.82) is 0 Å². The van der Waals surface area contributed by atoms with Crippen molar-refractivity contribution >= 4 is 11.8 Å². The molecular formula is C17H20N4O3. The van der Waals surface area contributed by atoms with Gasteiger partial charge in [-0.3, -0.25) is 14.6 Å². The Morgan fingerprint density at radius 1 is 1.33 bits per heavy atom. The van der Waals surface area contributed by atoms with Gasteiger partial charge in [0.15, 0.2) is 5.69 Å². The van der Waals surface area contributed by atoms with Crippen LogP contribution in [0.5, 0.6) is 0 Å². The highest BCUT2D eigenvalue weighted by atomic mass is 16.5. The van der Waals surface area contributed by atoms with Crippen LogP contribution in [0, 0.1) is 6.92 Å². The molecule has 1 saturated heterocycles. The Morgan fingerprint density at radius 2 is 2.12 bits per heavy atom. The molecule has 1 atom stereocenters. The first kappa shape index (κ1) is 16.2. The fraction of sp³-hybridized carbons (Fsp3) is 0.412. The van der Waals surface area contributed by atoms with Crippen molar-refractivity contribution in [2.45, 2.75) is 38.8 Å². The fourth-order valence-electron chi connectivity index (χ4n) is 2.87. The van der Waals surface area contributed by atoms with E-state index in [9.17, 15) is 9.59 Å². The first-order valence-electron chi connectivity index (χ1n) is 8.06. The van der Waals surface area contributed by atoms with E-state index in [1.54, 1.807) is 30.3 Å². The molecule has 2 amide bonds. The molecule has 3 rings (SSSR count). The summed E-state index contributed by atoms with van der Waals surface area (Å²) in [7, 11) is 0. The lowest BCUT2D eigenvalue weighted by molar-refractivity contribution is -0.126. The number of carbonyl (C=O) groups is 2. The van der Waals surface area contributed by atoms with E-state index in [1.807, 2.05) is 12.1 Å². The Bertz CT molecular complexity index is 714. The van der Waals surface area contributed by atoms with Gasteiger partial charge in [-0.2, -0.15) is 0 Å². The second-order valence-corrected chi connectivity index (χ2v) is 5.91. The number of hydrogen-bond acceptors (Lipinski definition) is 5. The maximum absolute atomic E-state index is 12.6. The monoisotopic (exact) mass is 328 g/mol. The molecule has 1 N–H and O–H groups in total. The lowest BCUT2D eigenvalue weighted by Gasteiger charge is -2.34. The number of carbonyl (C=O) groups excluding carboxylic acids is 2. The largest absolute Gasteiger partial charge is 0.361 e. The first-order chi connectivity index (χ1) is 11.6. The lowest BCUT2D eigenvalue weighted by Crippen LogP contribution is -2.51. The van der Waals surface area contributed by atoms with Crippen molar-refractivity contribution in [1.82, 2.24) is 20.4 Å². The molecule has 1 aliphatic rings. The summed E-state index contributed by atoms with van der Waals surface area (Å²) in [6.45, 7) is 2.71. The molecule has 0 spiro atoms. The van der Waals surface area contributed by atoms with Crippen LogP contribution < -0.4 is 5.32 Å². The quantitative estimate of drug-likeness (QED) is 0.922. The lowest BCUT2D eigenvalue weighted by atomic mass is 10.0. The molecule has 2 aromatic heterocycles. The molecule has 1 fully saturated rings. The second kappa shape index (κ2) is 7.25. The molecule has 7 nitrogen and oxygen atoms in total. The highest BCUT2D eigenvalue weighted by Gasteiger charge is 2.33. The maximum atomic E-state index is 12.6. The average Bonchev–Trinajstić information content (AvgIpc) is 3.06. The van der Waals surface area contributed by atoms with E-state index in [-0.39, 0.29) is 17.5 Å². The molecule has 0 bridgehead atoms. The number of pyridine rings is 1.